The van der Waals surface area contributed by atoms with Crippen LogP contribution in [-0.2, 0) is 9.53 Å². The van der Waals surface area contributed by atoms with E-state index in [0.717, 1.165) is 23.6 Å². The first-order valence-electron chi connectivity index (χ1n) is 8.77. The maximum Gasteiger partial charge on any atom is 0.330 e. The summed E-state index contributed by atoms with van der Waals surface area (Å²) in [4.78, 5) is 12.2. The van der Waals surface area contributed by atoms with E-state index in [4.69, 9.17) is 4.74 Å². The van der Waals surface area contributed by atoms with Gasteiger partial charge in [-0.15, -0.1) is 0 Å². The number of anilines is 1. The molecule has 0 amide bonds. The summed E-state index contributed by atoms with van der Waals surface area (Å²) < 4.78 is 7.20. The minimum atomic E-state index is -0.344. The SMILES string of the molecule is CC(C)c1cc(NCC(=O)OC2=CC=CCC=C2)n(-c2ccccc2)n1. The molecule has 0 spiro atoms. The Labute approximate surface area is 153 Å². The van der Waals surface area contributed by atoms with Gasteiger partial charge in [0.15, 0.2) is 0 Å². The Balaban J connectivity index is 1.72. The highest BCUT2D eigenvalue weighted by Gasteiger charge is 2.14. The Hall–Kier alpha value is -3.08. The van der Waals surface area contributed by atoms with Crippen LogP contribution in [-0.4, -0.2) is 22.3 Å². The molecule has 0 atom stereocenters. The van der Waals surface area contributed by atoms with Gasteiger partial charge in [-0.05, 0) is 36.6 Å². The summed E-state index contributed by atoms with van der Waals surface area (Å²) in [6.07, 6.45) is 10.3. The molecule has 26 heavy (non-hydrogen) atoms. The summed E-state index contributed by atoms with van der Waals surface area (Å²) in [5.74, 6) is 1.26. The van der Waals surface area contributed by atoms with Crippen molar-refractivity contribution in [3.63, 3.8) is 0 Å². The average molecular weight is 349 g/mol. The zero-order valence-electron chi connectivity index (χ0n) is 15.1. The van der Waals surface area contributed by atoms with Gasteiger partial charge in [-0.1, -0.05) is 50.3 Å². The second-order valence-electron chi connectivity index (χ2n) is 6.32. The van der Waals surface area contributed by atoms with Crippen LogP contribution in [0.1, 0.15) is 31.9 Å². The Bertz CT molecular complexity index is 845. The molecule has 0 aliphatic heterocycles. The Kier molecular flexibility index (Phi) is 5.69. The van der Waals surface area contributed by atoms with Crippen molar-refractivity contribution in [3.8, 4) is 5.69 Å². The zero-order valence-corrected chi connectivity index (χ0v) is 15.1. The minimum Gasteiger partial charge on any atom is -0.425 e. The van der Waals surface area contributed by atoms with Crippen LogP contribution in [0.2, 0.25) is 0 Å². The summed E-state index contributed by atoms with van der Waals surface area (Å²) in [6.45, 7) is 4.24. The van der Waals surface area contributed by atoms with Crippen LogP contribution in [0.5, 0.6) is 0 Å². The molecular formula is C21H23N3O2. The Morgan fingerprint density at radius 1 is 1.27 bits per heavy atom. The van der Waals surface area contributed by atoms with Gasteiger partial charge in [-0.3, -0.25) is 0 Å². The number of para-hydroxylation sites is 1. The van der Waals surface area contributed by atoms with Crippen LogP contribution in [0.15, 0.2) is 72.5 Å². The van der Waals surface area contributed by atoms with Crippen molar-refractivity contribution in [3.05, 3.63) is 78.2 Å². The van der Waals surface area contributed by atoms with Gasteiger partial charge in [0, 0.05) is 6.07 Å². The molecule has 0 radical (unpaired) electrons. The third-order valence-corrected chi connectivity index (χ3v) is 3.92. The number of rotatable bonds is 6. The zero-order chi connectivity index (χ0) is 18.4. The predicted octanol–water partition coefficient (Wildman–Crippen LogP) is 4.35. The van der Waals surface area contributed by atoms with Crippen molar-refractivity contribution < 1.29 is 9.53 Å². The number of esters is 1. The van der Waals surface area contributed by atoms with Gasteiger partial charge >= 0.3 is 5.97 Å². The average Bonchev–Trinajstić information content (AvgIpc) is 2.92. The molecule has 1 aromatic carbocycles. The van der Waals surface area contributed by atoms with E-state index in [-0.39, 0.29) is 12.5 Å². The third kappa shape index (κ3) is 4.51. The molecule has 1 aromatic heterocycles. The molecule has 1 aliphatic rings. The van der Waals surface area contributed by atoms with Crippen molar-refractivity contribution in [1.29, 1.82) is 0 Å². The highest BCUT2D eigenvalue weighted by atomic mass is 16.5. The lowest BCUT2D eigenvalue weighted by Crippen LogP contribution is -2.18. The number of nitrogens with one attached hydrogen (secondary N) is 1. The van der Waals surface area contributed by atoms with Gasteiger partial charge in [0.1, 0.15) is 18.1 Å². The first-order valence-corrected chi connectivity index (χ1v) is 8.77. The fourth-order valence-corrected chi connectivity index (χ4v) is 2.53. The molecule has 5 heteroatoms. The molecule has 0 saturated heterocycles. The van der Waals surface area contributed by atoms with Crippen LogP contribution in [0.25, 0.3) is 5.69 Å². The van der Waals surface area contributed by atoms with Gasteiger partial charge in [-0.25, -0.2) is 9.48 Å². The molecule has 134 valence electrons. The molecule has 5 nitrogen and oxygen atoms in total. The summed E-state index contributed by atoms with van der Waals surface area (Å²) in [6, 6.07) is 11.8. The van der Waals surface area contributed by atoms with Gasteiger partial charge in [0.2, 0.25) is 0 Å². The van der Waals surface area contributed by atoms with Gasteiger partial charge in [0.05, 0.1) is 11.4 Å². The smallest absolute Gasteiger partial charge is 0.330 e. The molecule has 1 aliphatic carbocycles. The van der Waals surface area contributed by atoms with E-state index in [9.17, 15) is 4.79 Å². The van der Waals surface area contributed by atoms with Crippen LogP contribution >= 0.6 is 0 Å². The fraction of sp³-hybridized carbons (Fsp3) is 0.238. The molecule has 0 unspecified atom stereocenters. The summed E-state index contributed by atoms with van der Waals surface area (Å²) in [5.41, 5.74) is 1.90. The number of carbonyl (C=O) groups is 1. The fourth-order valence-electron chi connectivity index (χ4n) is 2.53. The van der Waals surface area contributed by atoms with E-state index in [0.29, 0.717) is 11.7 Å². The summed E-state index contributed by atoms with van der Waals surface area (Å²) in [7, 11) is 0. The number of carbonyl (C=O) groups excluding carboxylic acids is 1. The second-order valence-corrected chi connectivity index (χ2v) is 6.32. The van der Waals surface area contributed by atoms with E-state index in [1.54, 1.807) is 6.08 Å². The molecule has 1 heterocycles. The number of hydrogen-bond acceptors (Lipinski definition) is 4. The van der Waals surface area contributed by atoms with Gasteiger partial charge in [-0.2, -0.15) is 5.10 Å². The third-order valence-electron chi connectivity index (χ3n) is 3.92. The number of nitrogens with zero attached hydrogens (tertiary/aromatic N) is 2. The van der Waals surface area contributed by atoms with Gasteiger partial charge in [0.25, 0.3) is 0 Å². The Morgan fingerprint density at radius 2 is 2.08 bits per heavy atom. The lowest BCUT2D eigenvalue weighted by molar-refractivity contribution is -0.136. The number of benzene rings is 1. The van der Waals surface area contributed by atoms with Crippen molar-refractivity contribution in [2.45, 2.75) is 26.2 Å². The first-order chi connectivity index (χ1) is 12.6. The van der Waals surface area contributed by atoms with Crippen LogP contribution in [0.3, 0.4) is 0 Å². The van der Waals surface area contributed by atoms with Crippen LogP contribution in [0, 0.1) is 0 Å². The molecule has 0 bridgehead atoms. The van der Waals surface area contributed by atoms with Crippen LogP contribution < -0.4 is 5.32 Å². The Morgan fingerprint density at radius 3 is 2.85 bits per heavy atom. The number of allylic oxidation sites excluding steroid dienone is 5. The van der Waals surface area contributed by atoms with E-state index in [1.807, 2.05) is 65.4 Å². The van der Waals surface area contributed by atoms with Crippen molar-refractivity contribution in [2.75, 3.05) is 11.9 Å². The predicted molar refractivity (Wildman–Crippen MR) is 103 cm³/mol. The standard InChI is InChI=1S/C21H23N3O2/c1-16(2)19-14-20(24(23-19)17-10-6-5-7-11-17)22-15-21(25)26-18-12-8-3-4-9-13-18/h3,5-14,16,22H,4,15H2,1-2H3. The topological polar surface area (TPSA) is 56.1 Å². The molecular weight excluding hydrogens is 326 g/mol. The minimum absolute atomic E-state index is 0.0605. The highest BCUT2D eigenvalue weighted by molar-refractivity contribution is 5.76. The van der Waals surface area contributed by atoms with Crippen LogP contribution in [0.4, 0.5) is 5.82 Å². The molecule has 1 N–H and O–H groups in total. The largest absolute Gasteiger partial charge is 0.425 e. The molecule has 3 rings (SSSR count). The highest BCUT2D eigenvalue weighted by Crippen LogP contribution is 2.22. The number of ether oxygens (including phenoxy) is 1. The second kappa shape index (κ2) is 8.34. The maximum atomic E-state index is 12.2. The lowest BCUT2D eigenvalue weighted by atomic mass is 10.1. The van der Waals surface area contributed by atoms with E-state index < -0.39 is 0 Å². The summed E-state index contributed by atoms with van der Waals surface area (Å²) >= 11 is 0. The van der Waals surface area contributed by atoms with Crippen molar-refractivity contribution >= 4 is 11.8 Å². The normalized spacial score (nSPS) is 13.4. The number of hydrogen-bond donors (Lipinski definition) is 1. The molecule has 2 aromatic rings. The lowest BCUT2D eigenvalue weighted by Gasteiger charge is -2.10. The quantitative estimate of drug-likeness (QED) is 0.788. The van der Waals surface area contributed by atoms with Crippen molar-refractivity contribution in [2.24, 2.45) is 0 Å². The molecule has 0 saturated carbocycles. The van der Waals surface area contributed by atoms with E-state index >= 15 is 0 Å². The van der Waals surface area contributed by atoms with Gasteiger partial charge < -0.3 is 10.1 Å². The summed E-state index contributed by atoms with van der Waals surface area (Å²) in [5, 5.41) is 7.80. The van der Waals surface area contributed by atoms with E-state index in [1.165, 1.54) is 0 Å². The molecule has 0 fully saturated rings. The monoisotopic (exact) mass is 349 g/mol. The van der Waals surface area contributed by atoms with Crippen molar-refractivity contribution in [1.82, 2.24) is 9.78 Å². The van der Waals surface area contributed by atoms with E-state index in [2.05, 4.69) is 24.3 Å². The maximum absolute atomic E-state index is 12.2. The first kappa shape index (κ1) is 17.7. The number of aromatic nitrogens is 2.